The summed E-state index contributed by atoms with van der Waals surface area (Å²) >= 11 is 6.88. The van der Waals surface area contributed by atoms with Gasteiger partial charge >= 0.3 is 5.97 Å². The minimum Gasteiger partial charge on any atom is -0.478 e. The molecule has 0 saturated carbocycles. The first-order chi connectivity index (χ1) is 17.7. The Morgan fingerprint density at radius 1 is 1.19 bits per heavy atom. The standard InChI is InChI=1S/C27H22N4O4S2/c1-14-11-17(15(2)30(14)25-21(13-28)19-5-3-4-6-22(19)37-25)12-20-23(32)29-27(36)31(24(20)33)18-9-7-16(8-10-18)26(34)35/h7-12H,3-6H2,1-2H3,(H,34,35)(H,29,32,36). The molecule has 1 aliphatic heterocycles. The second-order valence-electron chi connectivity index (χ2n) is 8.97. The van der Waals surface area contributed by atoms with Crippen molar-refractivity contribution >= 4 is 58.2 Å². The van der Waals surface area contributed by atoms with Crippen molar-refractivity contribution in [2.24, 2.45) is 0 Å². The molecule has 1 saturated heterocycles. The van der Waals surface area contributed by atoms with Crippen molar-refractivity contribution in [3.8, 4) is 11.1 Å². The first kappa shape index (κ1) is 24.6. The van der Waals surface area contributed by atoms with Gasteiger partial charge in [-0.1, -0.05) is 0 Å². The third kappa shape index (κ3) is 4.16. The maximum Gasteiger partial charge on any atom is 0.335 e. The number of carbonyl (C=O) groups excluding carboxylic acids is 2. The van der Waals surface area contributed by atoms with Gasteiger partial charge in [0.1, 0.15) is 16.6 Å². The van der Waals surface area contributed by atoms with Gasteiger partial charge in [0.2, 0.25) is 0 Å². The minimum absolute atomic E-state index is 0.0679. The molecule has 10 heteroatoms. The fourth-order valence-electron chi connectivity index (χ4n) is 4.87. The van der Waals surface area contributed by atoms with Crippen LogP contribution in [-0.4, -0.2) is 32.6 Å². The number of carboxylic acids is 1. The number of fused-ring (bicyclic) bond motifs is 1. The van der Waals surface area contributed by atoms with E-state index in [2.05, 4.69) is 11.4 Å². The minimum atomic E-state index is -1.09. The number of nitriles is 1. The average Bonchev–Trinajstić information content (AvgIpc) is 3.37. The first-order valence-electron chi connectivity index (χ1n) is 11.7. The zero-order valence-electron chi connectivity index (χ0n) is 20.1. The van der Waals surface area contributed by atoms with E-state index in [1.165, 1.54) is 40.1 Å². The van der Waals surface area contributed by atoms with Crippen LogP contribution in [-0.2, 0) is 22.4 Å². The van der Waals surface area contributed by atoms with Gasteiger partial charge < -0.3 is 9.67 Å². The van der Waals surface area contributed by atoms with Crippen molar-refractivity contribution in [2.75, 3.05) is 4.90 Å². The van der Waals surface area contributed by atoms with E-state index in [-0.39, 0.29) is 16.2 Å². The number of anilines is 1. The van der Waals surface area contributed by atoms with Gasteiger partial charge in [0.15, 0.2) is 5.11 Å². The monoisotopic (exact) mass is 530 g/mol. The number of aryl methyl sites for hydroxylation is 2. The molecule has 186 valence electrons. The molecule has 0 spiro atoms. The van der Waals surface area contributed by atoms with Crippen LogP contribution in [0.5, 0.6) is 0 Å². The maximum absolute atomic E-state index is 13.4. The van der Waals surface area contributed by atoms with E-state index in [1.807, 2.05) is 24.5 Å². The number of nitrogens with zero attached hydrogens (tertiary/aromatic N) is 3. The highest BCUT2D eigenvalue weighted by molar-refractivity contribution is 7.80. The summed E-state index contributed by atoms with van der Waals surface area (Å²) in [6.07, 6.45) is 5.61. The van der Waals surface area contributed by atoms with Crippen molar-refractivity contribution in [3.63, 3.8) is 0 Å². The number of aromatic nitrogens is 1. The number of benzene rings is 1. The van der Waals surface area contributed by atoms with Gasteiger partial charge in [0, 0.05) is 16.3 Å². The predicted octanol–water partition coefficient (Wildman–Crippen LogP) is 4.44. The molecule has 2 aromatic heterocycles. The molecule has 5 rings (SSSR count). The lowest BCUT2D eigenvalue weighted by Gasteiger charge is -2.29. The van der Waals surface area contributed by atoms with Gasteiger partial charge in [-0.3, -0.25) is 19.8 Å². The molecule has 0 radical (unpaired) electrons. The van der Waals surface area contributed by atoms with E-state index >= 15 is 0 Å². The van der Waals surface area contributed by atoms with Crippen molar-refractivity contribution in [3.05, 3.63) is 74.4 Å². The fraction of sp³-hybridized carbons (Fsp3) is 0.222. The van der Waals surface area contributed by atoms with Gasteiger partial charge in [0.25, 0.3) is 11.8 Å². The van der Waals surface area contributed by atoms with Crippen LogP contribution in [0.3, 0.4) is 0 Å². The quantitative estimate of drug-likeness (QED) is 0.293. The molecule has 3 aromatic rings. The molecule has 2 aliphatic rings. The smallest absolute Gasteiger partial charge is 0.335 e. The van der Waals surface area contributed by atoms with Crippen LogP contribution in [0, 0.1) is 25.2 Å². The summed E-state index contributed by atoms with van der Waals surface area (Å²) in [4.78, 5) is 39.8. The molecule has 2 N–H and O–H groups in total. The third-order valence-electron chi connectivity index (χ3n) is 6.71. The average molecular weight is 531 g/mol. The normalized spacial score (nSPS) is 16.5. The lowest BCUT2D eigenvalue weighted by molar-refractivity contribution is -0.122. The predicted molar refractivity (Wildman–Crippen MR) is 144 cm³/mol. The van der Waals surface area contributed by atoms with E-state index in [9.17, 15) is 19.6 Å². The molecule has 0 bridgehead atoms. The van der Waals surface area contributed by atoms with Crippen LogP contribution in [0.25, 0.3) is 11.1 Å². The zero-order valence-corrected chi connectivity index (χ0v) is 21.8. The number of thiophene rings is 1. The van der Waals surface area contributed by atoms with E-state index < -0.39 is 17.8 Å². The molecule has 8 nitrogen and oxygen atoms in total. The van der Waals surface area contributed by atoms with E-state index in [0.717, 1.165) is 47.6 Å². The molecule has 3 heterocycles. The summed E-state index contributed by atoms with van der Waals surface area (Å²) in [7, 11) is 0. The Bertz CT molecular complexity index is 1570. The molecule has 1 fully saturated rings. The van der Waals surface area contributed by atoms with Crippen LogP contribution < -0.4 is 10.2 Å². The number of thiocarbonyl (C=S) groups is 1. The summed E-state index contributed by atoms with van der Waals surface area (Å²) in [5.41, 5.74) is 4.54. The Morgan fingerprint density at radius 3 is 2.57 bits per heavy atom. The maximum atomic E-state index is 13.4. The number of nitrogens with one attached hydrogen (secondary N) is 1. The fourth-order valence-corrected chi connectivity index (χ4v) is 6.60. The summed E-state index contributed by atoms with van der Waals surface area (Å²) in [6, 6.07) is 9.97. The molecule has 37 heavy (non-hydrogen) atoms. The lowest BCUT2D eigenvalue weighted by atomic mass is 9.96. The molecule has 1 aromatic carbocycles. The summed E-state index contributed by atoms with van der Waals surface area (Å²) in [5, 5.41) is 22.4. The topological polar surface area (TPSA) is 115 Å². The zero-order chi connectivity index (χ0) is 26.4. The molecule has 1 aliphatic carbocycles. The number of rotatable bonds is 4. The number of aromatic carboxylic acids is 1. The van der Waals surface area contributed by atoms with E-state index in [0.29, 0.717) is 16.8 Å². The Kier molecular flexibility index (Phi) is 6.27. The van der Waals surface area contributed by atoms with Crippen LogP contribution >= 0.6 is 23.6 Å². The third-order valence-corrected chi connectivity index (χ3v) is 8.27. The van der Waals surface area contributed by atoms with Gasteiger partial charge in [-0.05, 0) is 99.3 Å². The number of amides is 2. The summed E-state index contributed by atoms with van der Waals surface area (Å²) in [5.74, 6) is -2.30. The second-order valence-corrected chi connectivity index (χ2v) is 10.4. The molecule has 0 atom stereocenters. The van der Waals surface area contributed by atoms with Crippen molar-refractivity contribution in [1.82, 2.24) is 9.88 Å². The molecule has 0 unspecified atom stereocenters. The second kappa shape index (κ2) is 9.42. The Morgan fingerprint density at radius 2 is 1.89 bits per heavy atom. The van der Waals surface area contributed by atoms with Crippen LogP contribution in [0.1, 0.15) is 56.2 Å². The molecule has 2 amide bonds. The van der Waals surface area contributed by atoms with E-state index in [4.69, 9.17) is 17.3 Å². The molecular weight excluding hydrogens is 508 g/mol. The summed E-state index contributed by atoms with van der Waals surface area (Å²) < 4.78 is 2.02. The largest absolute Gasteiger partial charge is 0.478 e. The Hall–Kier alpha value is -4.07. The van der Waals surface area contributed by atoms with Gasteiger partial charge in [0.05, 0.1) is 16.8 Å². The van der Waals surface area contributed by atoms with Crippen molar-refractivity contribution in [2.45, 2.75) is 39.5 Å². The highest BCUT2D eigenvalue weighted by Gasteiger charge is 2.35. The van der Waals surface area contributed by atoms with Crippen LogP contribution in [0.15, 0.2) is 35.9 Å². The highest BCUT2D eigenvalue weighted by Crippen LogP contribution is 2.38. The van der Waals surface area contributed by atoms with Crippen LogP contribution in [0.4, 0.5) is 5.69 Å². The van der Waals surface area contributed by atoms with Gasteiger partial charge in [-0.15, -0.1) is 11.3 Å². The van der Waals surface area contributed by atoms with Gasteiger partial charge in [-0.25, -0.2) is 4.79 Å². The first-order valence-corrected chi connectivity index (χ1v) is 12.9. The van der Waals surface area contributed by atoms with Crippen molar-refractivity contribution < 1.29 is 19.5 Å². The number of carbonyl (C=O) groups is 3. The Labute approximate surface area is 222 Å². The van der Waals surface area contributed by atoms with Crippen LogP contribution in [0.2, 0.25) is 0 Å². The van der Waals surface area contributed by atoms with E-state index in [1.54, 1.807) is 11.3 Å². The molecular formula is C27H22N4O4S2. The number of carboxylic acid groups (broad SMARTS) is 1. The van der Waals surface area contributed by atoms with Gasteiger partial charge in [-0.2, -0.15) is 5.26 Å². The van der Waals surface area contributed by atoms with Crippen molar-refractivity contribution in [1.29, 1.82) is 5.26 Å². The number of hydrogen-bond donors (Lipinski definition) is 2. The SMILES string of the molecule is Cc1cc(C=C2C(=O)NC(=S)N(c3ccc(C(=O)O)cc3)C2=O)c(C)n1-c1sc2c(c1C#N)CCCC2. The summed E-state index contributed by atoms with van der Waals surface area (Å²) in [6.45, 7) is 3.83. The lowest BCUT2D eigenvalue weighted by Crippen LogP contribution is -2.54. The highest BCUT2D eigenvalue weighted by atomic mass is 32.1. The Balaban J connectivity index is 1.55. The number of hydrogen-bond acceptors (Lipinski definition) is 6.